The highest BCUT2D eigenvalue weighted by Crippen LogP contribution is 2.19. The fraction of sp³-hybridized carbons (Fsp3) is 0.200. The Morgan fingerprint density at radius 2 is 2.04 bits per heavy atom. The minimum atomic E-state index is -0.227. The molecule has 1 N–H and O–H groups in total. The molecule has 0 radical (unpaired) electrons. The number of hydrogen-bond acceptors (Lipinski definition) is 5. The minimum absolute atomic E-state index is 0.176. The van der Waals surface area contributed by atoms with Gasteiger partial charge in [0.05, 0.1) is 24.2 Å². The first-order valence-electron chi connectivity index (χ1n) is 8.65. The van der Waals surface area contributed by atoms with Crippen LogP contribution in [-0.2, 0) is 6.54 Å². The highest BCUT2D eigenvalue weighted by Gasteiger charge is 2.06. The number of pyridine rings is 1. The maximum absolute atomic E-state index is 12.3. The first kappa shape index (κ1) is 18.3. The van der Waals surface area contributed by atoms with Crippen molar-refractivity contribution in [3.8, 4) is 17.0 Å². The standard InChI is InChI=1S/C20H20N4O3/c1-2-27-17-7-5-15(6-8-17)18-12-19(25)24(14-23-18)11-10-22-20(26)16-4-3-9-21-13-16/h3-9,12-14H,2,10-11H2,1H3,(H,22,26). The molecule has 138 valence electrons. The van der Waals surface area contributed by atoms with Crippen molar-refractivity contribution in [2.24, 2.45) is 0 Å². The number of carbonyl (C=O) groups excluding carboxylic acids is 1. The van der Waals surface area contributed by atoms with Crippen molar-refractivity contribution in [3.63, 3.8) is 0 Å². The summed E-state index contributed by atoms with van der Waals surface area (Å²) in [6, 6.07) is 12.3. The van der Waals surface area contributed by atoms with E-state index in [1.54, 1.807) is 18.3 Å². The van der Waals surface area contributed by atoms with Gasteiger partial charge in [0, 0.05) is 37.1 Å². The van der Waals surface area contributed by atoms with Gasteiger partial charge in [-0.1, -0.05) is 0 Å². The molecule has 3 aromatic rings. The van der Waals surface area contributed by atoms with Gasteiger partial charge in [-0.3, -0.25) is 19.1 Å². The van der Waals surface area contributed by atoms with Gasteiger partial charge in [-0.15, -0.1) is 0 Å². The number of carbonyl (C=O) groups is 1. The van der Waals surface area contributed by atoms with Gasteiger partial charge in [-0.2, -0.15) is 0 Å². The topological polar surface area (TPSA) is 86.1 Å². The average Bonchev–Trinajstić information content (AvgIpc) is 2.70. The summed E-state index contributed by atoms with van der Waals surface area (Å²) < 4.78 is 6.87. The van der Waals surface area contributed by atoms with Crippen LogP contribution in [0.5, 0.6) is 5.75 Å². The third-order valence-electron chi connectivity index (χ3n) is 3.90. The molecule has 2 heterocycles. The van der Waals surface area contributed by atoms with E-state index in [-0.39, 0.29) is 11.5 Å². The zero-order valence-electron chi connectivity index (χ0n) is 15.0. The number of amides is 1. The lowest BCUT2D eigenvalue weighted by Gasteiger charge is -2.09. The minimum Gasteiger partial charge on any atom is -0.494 e. The molecule has 0 saturated carbocycles. The second-order valence-corrected chi connectivity index (χ2v) is 5.76. The highest BCUT2D eigenvalue weighted by atomic mass is 16.5. The third-order valence-corrected chi connectivity index (χ3v) is 3.90. The normalized spacial score (nSPS) is 10.4. The van der Waals surface area contributed by atoms with Crippen LogP contribution in [0.3, 0.4) is 0 Å². The second kappa shape index (κ2) is 8.75. The van der Waals surface area contributed by atoms with Crippen molar-refractivity contribution in [3.05, 3.63) is 77.1 Å². The van der Waals surface area contributed by atoms with Crippen LogP contribution in [-0.4, -0.2) is 33.6 Å². The van der Waals surface area contributed by atoms with E-state index >= 15 is 0 Å². The molecule has 0 unspecified atom stereocenters. The van der Waals surface area contributed by atoms with Crippen LogP contribution in [0, 0.1) is 0 Å². The zero-order chi connectivity index (χ0) is 19.1. The van der Waals surface area contributed by atoms with Gasteiger partial charge in [0.25, 0.3) is 11.5 Å². The number of benzene rings is 1. The summed E-state index contributed by atoms with van der Waals surface area (Å²) >= 11 is 0. The lowest BCUT2D eigenvalue weighted by Crippen LogP contribution is -2.30. The molecule has 27 heavy (non-hydrogen) atoms. The molecule has 3 rings (SSSR count). The summed E-state index contributed by atoms with van der Waals surface area (Å²) in [7, 11) is 0. The fourth-order valence-electron chi connectivity index (χ4n) is 2.53. The molecule has 0 aliphatic rings. The van der Waals surface area contributed by atoms with Gasteiger partial charge < -0.3 is 10.1 Å². The van der Waals surface area contributed by atoms with Crippen molar-refractivity contribution >= 4 is 5.91 Å². The van der Waals surface area contributed by atoms with E-state index in [1.165, 1.54) is 23.2 Å². The smallest absolute Gasteiger partial charge is 0.253 e. The maximum Gasteiger partial charge on any atom is 0.253 e. The lowest BCUT2D eigenvalue weighted by molar-refractivity contribution is 0.0951. The fourth-order valence-corrected chi connectivity index (χ4v) is 2.53. The number of rotatable bonds is 7. The number of hydrogen-bond donors (Lipinski definition) is 1. The van der Waals surface area contributed by atoms with Crippen molar-refractivity contribution in [1.29, 1.82) is 0 Å². The molecule has 1 amide bonds. The molecule has 0 saturated heterocycles. The predicted octanol–water partition coefficient (Wildman–Crippen LogP) is 2.13. The van der Waals surface area contributed by atoms with Gasteiger partial charge in [-0.05, 0) is 43.3 Å². The second-order valence-electron chi connectivity index (χ2n) is 5.76. The van der Waals surface area contributed by atoms with Crippen LogP contribution in [0.2, 0.25) is 0 Å². The first-order valence-corrected chi connectivity index (χ1v) is 8.65. The van der Waals surface area contributed by atoms with Crippen molar-refractivity contribution in [1.82, 2.24) is 19.9 Å². The van der Waals surface area contributed by atoms with E-state index in [2.05, 4.69) is 15.3 Å². The van der Waals surface area contributed by atoms with Gasteiger partial charge in [0.1, 0.15) is 5.75 Å². The van der Waals surface area contributed by atoms with Crippen molar-refractivity contribution in [2.45, 2.75) is 13.5 Å². The molecule has 2 aromatic heterocycles. The van der Waals surface area contributed by atoms with Crippen LogP contribution in [0.15, 0.2) is 66.0 Å². The molecule has 1 aromatic carbocycles. The summed E-state index contributed by atoms with van der Waals surface area (Å²) in [4.78, 5) is 32.5. The Morgan fingerprint density at radius 3 is 2.70 bits per heavy atom. The highest BCUT2D eigenvalue weighted by molar-refractivity contribution is 5.93. The monoisotopic (exact) mass is 364 g/mol. The number of nitrogens with one attached hydrogen (secondary N) is 1. The Morgan fingerprint density at radius 1 is 1.22 bits per heavy atom. The van der Waals surface area contributed by atoms with Crippen molar-refractivity contribution < 1.29 is 9.53 Å². The van der Waals surface area contributed by atoms with Crippen LogP contribution in [0.4, 0.5) is 0 Å². The molecule has 7 heteroatoms. The Labute approximate surface area is 156 Å². The summed E-state index contributed by atoms with van der Waals surface area (Å²) in [6.45, 7) is 3.18. The summed E-state index contributed by atoms with van der Waals surface area (Å²) in [5, 5.41) is 2.76. The molecule has 0 atom stereocenters. The van der Waals surface area contributed by atoms with Crippen molar-refractivity contribution in [2.75, 3.05) is 13.2 Å². The Kier molecular flexibility index (Phi) is 5.94. The van der Waals surface area contributed by atoms with Crippen LogP contribution in [0.25, 0.3) is 11.3 Å². The summed E-state index contributed by atoms with van der Waals surface area (Å²) in [5.74, 6) is 0.550. The average molecular weight is 364 g/mol. The van der Waals surface area contributed by atoms with Gasteiger partial charge in [-0.25, -0.2) is 4.98 Å². The zero-order valence-corrected chi connectivity index (χ0v) is 15.0. The quantitative estimate of drug-likeness (QED) is 0.694. The molecule has 0 fully saturated rings. The van der Waals surface area contributed by atoms with Gasteiger partial charge in [0.2, 0.25) is 0 Å². The van der Waals surface area contributed by atoms with Crippen LogP contribution in [0.1, 0.15) is 17.3 Å². The van der Waals surface area contributed by atoms with Gasteiger partial charge in [0.15, 0.2) is 0 Å². The Hall–Kier alpha value is -3.48. The van der Waals surface area contributed by atoms with E-state index in [9.17, 15) is 9.59 Å². The van der Waals surface area contributed by atoms with Gasteiger partial charge >= 0.3 is 0 Å². The SMILES string of the molecule is CCOc1ccc(-c2cc(=O)n(CCNC(=O)c3cccnc3)cn2)cc1. The first-order chi connectivity index (χ1) is 13.2. The van der Waals surface area contributed by atoms with E-state index in [4.69, 9.17) is 4.74 Å². The third kappa shape index (κ3) is 4.78. The van der Waals surface area contributed by atoms with E-state index in [0.717, 1.165) is 11.3 Å². The number of nitrogens with zero attached hydrogens (tertiary/aromatic N) is 3. The van der Waals surface area contributed by atoms with Crippen LogP contribution >= 0.6 is 0 Å². The largest absolute Gasteiger partial charge is 0.494 e. The molecular formula is C20H20N4O3. The van der Waals surface area contributed by atoms with E-state index < -0.39 is 0 Å². The molecule has 0 bridgehead atoms. The van der Waals surface area contributed by atoms with E-state index in [0.29, 0.717) is 31.0 Å². The Balaban J connectivity index is 1.61. The summed E-state index contributed by atoms with van der Waals surface area (Å²) in [6.07, 6.45) is 4.59. The molecule has 0 aliphatic heterocycles. The number of ether oxygens (including phenoxy) is 1. The predicted molar refractivity (Wildman–Crippen MR) is 102 cm³/mol. The molecular weight excluding hydrogens is 344 g/mol. The lowest BCUT2D eigenvalue weighted by atomic mass is 10.1. The van der Waals surface area contributed by atoms with Crippen LogP contribution < -0.4 is 15.6 Å². The maximum atomic E-state index is 12.3. The molecule has 0 aliphatic carbocycles. The molecule has 0 spiro atoms. The number of aromatic nitrogens is 3. The molecule has 7 nitrogen and oxygen atoms in total. The Bertz CT molecular complexity index is 953. The van der Waals surface area contributed by atoms with E-state index in [1.807, 2.05) is 31.2 Å². The summed E-state index contributed by atoms with van der Waals surface area (Å²) in [5.41, 5.74) is 1.74.